The molecule has 2 heterocycles. The molecule has 2 aromatic heterocycles. The molecule has 0 aliphatic heterocycles. The Morgan fingerprint density at radius 2 is 2.43 bits per heavy atom. The molecule has 2 aromatic rings. The smallest absolute Gasteiger partial charge is 0.358 e. The molecule has 0 spiro atoms. The second-order valence-corrected chi connectivity index (χ2v) is 2.60. The van der Waals surface area contributed by atoms with Crippen molar-refractivity contribution in [2.24, 2.45) is 0 Å². The highest BCUT2D eigenvalue weighted by molar-refractivity contribution is 5.86. The molecule has 0 aliphatic carbocycles. The third-order valence-corrected chi connectivity index (χ3v) is 1.74. The summed E-state index contributed by atoms with van der Waals surface area (Å²) in [5.41, 5.74) is 0.319. The van der Waals surface area contributed by atoms with Crippen molar-refractivity contribution in [3.05, 3.63) is 23.7 Å². The highest BCUT2D eigenvalue weighted by Crippen LogP contribution is 2.09. The van der Waals surface area contributed by atoms with E-state index in [2.05, 4.69) is 20.0 Å². The first-order valence-electron chi connectivity index (χ1n) is 3.76. The van der Waals surface area contributed by atoms with E-state index in [0.29, 0.717) is 11.5 Å². The number of carboxylic acid groups (broad SMARTS) is 1. The van der Waals surface area contributed by atoms with E-state index in [1.54, 1.807) is 13.0 Å². The van der Waals surface area contributed by atoms with Crippen LogP contribution in [-0.4, -0.2) is 31.2 Å². The molecule has 0 atom stereocenters. The number of hydrogen-bond acceptors (Lipinski definition) is 5. The van der Waals surface area contributed by atoms with Crippen LogP contribution in [0.1, 0.15) is 16.2 Å². The molecule has 72 valence electrons. The van der Waals surface area contributed by atoms with E-state index in [0.717, 1.165) is 0 Å². The number of nitrogens with zero attached hydrogens (tertiary/aromatic N) is 4. The molecule has 7 heteroatoms. The van der Waals surface area contributed by atoms with Crippen molar-refractivity contribution in [2.75, 3.05) is 0 Å². The maximum Gasteiger partial charge on any atom is 0.358 e. The molecule has 0 amide bonds. The normalized spacial score (nSPS) is 10.4. The lowest BCUT2D eigenvalue weighted by Gasteiger charge is -1.94. The Morgan fingerprint density at radius 3 is 2.93 bits per heavy atom. The average Bonchev–Trinajstić information content (AvgIpc) is 2.71. The Morgan fingerprint density at radius 1 is 1.64 bits per heavy atom. The fourth-order valence-electron chi connectivity index (χ4n) is 1.06. The zero-order chi connectivity index (χ0) is 10.1. The monoisotopic (exact) mass is 194 g/mol. The van der Waals surface area contributed by atoms with Gasteiger partial charge >= 0.3 is 5.97 Å². The summed E-state index contributed by atoms with van der Waals surface area (Å²) < 4.78 is 5.91. The summed E-state index contributed by atoms with van der Waals surface area (Å²) in [6.45, 7) is 1.60. The van der Waals surface area contributed by atoms with Crippen molar-refractivity contribution >= 4 is 5.97 Å². The summed E-state index contributed by atoms with van der Waals surface area (Å²) in [4.78, 5) is 10.6. The standard InChI is InChI=1S/C7H6N4O3/c1-4-6(7(12)13)8-10-11(4)5-2-3-14-9-5/h2-3H,1H3,(H,12,13). The van der Waals surface area contributed by atoms with Gasteiger partial charge in [0.2, 0.25) is 0 Å². The summed E-state index contributed by atoms with van der Waals surface area (Å²) in [5.74, 6) is -0.709. The minimum absolute atomic E-state index is 0.0898. The van der Waals surface area contributed by atoms with Crippen molar-refractivity contribution in [1.29, 1.82) is 0 Å². The Kier molecular flexibility index (Phi) is 1.77. The molecule has 0 unspecified atom stereocenters. The molecule has 0 bridgehead atoms. The van der Waals surface area contributed by atoms with Crippen molar-refractivity contribution in [3.63, 3.8) is 0 Å². The van der Waals surface area contributed by atoms with Crippen molar-refractivity contribution < 1.29 is 14.4 Å². The number of aromatic carboxylic acids is 1. The Labute approximate surface area is 77.9 Å². The number of carboxylic acids is 1. The summed E-state index contributed by atoms with van der Waals surface area (Å²) in [6, 6.07) is 1.56. The van der Waals surface area contributed by atoms with Crippen LogP contribution in [0.25, 0.3) is 5.82 Å². The van der Waals surface area contributed by atoms with Crippen LogP contribution in [0.15, 0.2) is 16.9 Å². The molecule has 0 aromatic carbocycles. The van der Waals surface area contributed by atoms with E-state index in [9.17, 15) is 4.79 Å². The molecule has 1 N–H and O–H groups in total. The van der Waals surface area contributed by atoms with Crippen LogP contribution in [0.3, 0.4) is 0 Å². The van der Waals surface area contributed by atoms with Crippen LogP contribution in [0.4, 0.5) is 0 Å². The summed E-state index contributed by atoms with van der Waals surface area (Å²) in [5, 5.41) is 19.5. The average molecular weight is 194 g/mol. The fraction of sp³-hybridized carbons (Fsp3) is 0.143. The van der Waals surface area contributed by atoms with Crippen LogP contribution in [-0.2, 0) is 0 Å². The maximum atomic E-state index is 10.6. The predicted molar refractivity (Wildman–Crippen MR) is 43.1 cm³/mol. The van der Waals surface area contributed by atoms with Gasteiger partial charge in [-0.05, 0) is 6.92 Å². The molecule has 0 aliphatic rings. The number of rotatable bonds is 2. The van der Waals surface area contributed by atoms with Gasteiger partial charge in [0.25, 0.3) is 0 Å². The highest BCUT2D eigenvalue weighted by atomic mass is 16.5. The topological polar surface area (TPSA) is 94.0 Å². The van der Waals surface area contributed by atoms with Crippen LogP contribution < -0.4 is 0 Å². The lowest BCUT2D eigenvalue weighted by Crippen LogP contribution is -2.02. The van der Waals surface area contributed by atoms with Crippen LogP contribution >= 0.6 is 0 Å². The van der Waals surface area contributed by atoms with Gasteiger partial charge < -0.3 is 9.63 Å². The van der Waals surface area contributed by atoms with E-state index in [1.807, 2.05) is 0 Å². The van der Waals surface area contributed by atoms with Crippen molar-refractivity contribution in [2.45, 2.75) is 6.92 Å². The first-order chi connectivity index (χ1) is 6.70. The van der Waals surface area contributed by atoms with Gasteiger partial charge in [-0.3, -0.25) is 0 Å². The number of hydrogen-bond donors (Lipinski definition) is 1. The first-order valence-corrected chi connectivity index (χ1v) is 3.76. The minimum atomic E-state index is -1.11. The summed E-state index contributed by atoms with van der Waals surface area (Å²) in [6.07, 6.45) is 1.37. The van der Waals surface area contributed by atoms with Gasteiger partial charge in [-0.2, -0.15) is 4.68 Å². The summed E-state index contributed by atoms with van der Waals surface area (Å²) >= 11 is 0. The molecular formula is C7H6N4O3. The number of carbonyl (C=O) groups is 1. The molecule has 2 rings (SSSR count). The first kappa shape index (κ1) is 8.42. The molecule has 0 saturated carbocycles. The Balaban J connectivity index is 2.52. The van der Waals surface area contributed by atoms with Crippen molar-refractivity contribution in [1.82, 2.24) is 20.2 Å². The van der Waals surface area contributed by atoms with Crippen LogP contribution in [0.2, 0.25) is 0 Å². The fourth-order valence-corrected chi connectivity index (χ4v) is 1.06. The van der Waals surface area contributed by atoms with Gasteiger partial charge in [0.05, 0.1) is 5.69 Å². The van der Waals surface area contributed by atoms with Gasteiger partial charge in [0.15, 0.2) is 11.5 Å². The van der Waals surface area contributed by atoms with E-state index in [1.165, 1.54) is 10.9 Å². The zero-order valence-electron chi connectivity index (χ0n) is 7.21. The second-order valence-electron chi connectivity index (χ2n) is 2.60. The molecule has 0 radical (unpaired) electrons. The molecule has 0 saturated heterocycles. The minimum Gasteiger partial charge on any atom is -0.476 e. The van der Waals surface area contributed by atoms with Crippen molar-refractivity contribution in [3.8, 4) is 5.82 Å². The third-order valence-electron chi connectivity index (χ3n) is 1.74. The van der Waals surface area contributed by atoms with E-state index < -0.39 is 5.97 Å². The van der Waals surface area contributed by atoms with Gasteiger partial charge in [-0.15, -0.1) is 5.10 Å². The molecule has 14 heavy (non-hydrogen) atoms. The quantitative estimate of drug-likeness (QED) is 0.736. The van der Waals surface area contributed by atoms with Gasteiger partial charge in [-0.25, -0.2) is 4.79 Å². The zero-order valence-corrected chi connectivity index (χ0v) is 7.21. The molecule has 7 nitrogen and oxygen atoms in total. The van der Waals surface area contributed by atoms with Crippen LogP contribution in [0, 0.1) is 6.92 Å². The lowest BCUT2D eigenvalue weighted by atomic mass is 10.3. The maximum absolute atomic E-state index is 10.6. The van der Waals surface area contributed by atoms with E-state index in [-0.39, 0.29) is 5.69 Å². The lowest BCUT2D eigenvalue weighted by molar-refractivity contribution is 0.0689. The number of aromatic nitrogens is 4. The SMILES string of the molecule is Cc1c(C(=O)O)nnn1-c1ccon1. The molecular weight excluding hydrogens is 188 g/mol. The van der Waals surface area contributed by atoms with Gasteiger partial charge in [0.1, 0.15) is 6.26 Å². The van der Waals surface area contributed by atoms with Gasteiger partial charge in [-0.1, -0.05) is 10.4 Å². The van der Waals surface area contributed by atoms with E-state index >= 15 is 0 Å². The predicted octanol–water partition coefficient (Wildman–Crippen LogP) is 0.262. The highest BCUT2D eigenvalue weighted by Gasteiger charge is 2.16. The Hall–Kier alpha value is -2.18. The third kappa shape index (κ3) is 1.15. The Bertz CT molecular complexity index is 459. The largest absolute Gasteiger partial charge is 0.476 e. The van der Waals surface area contributed by atoms with Gasteiger partial charge in [0, 0.05) is 6.07 Å². The molecule has 0 fully saturated rings. The van der Waals surface area contributed by atoms with Crippen LogP contribution in [0.5, 0.6) is 0 Å². The second kappa shape index (κ2) is 2.95. The van der Waals surface area contributed by atoms with E-state index in [4.69, 9.17) is 5.11 Å². The summed E-state index contributed by atoms with van der Waals surface area (Å²) in [7, 11) is 0.